The molecule has 3 rings (SSSR count). The van der Waals surface area contributed by atoms with Crippen molar-refractivity contribution in [1.82, 2.24) is 14.4 Å². The summed E-state index contributed by atoms with van der Waals surface area (Å²) in [4.78, 5) is 28.7. The normalized spacial score (nSPS) is 15.7. The molecule has 0 bridgehead atoms. The van der Waals surface area contributed by atoms with E-state index in [4.69, 9.17) is 0 Å². The van der Waals surface area contributed by atoms with Crippen LogP contribution in [0.15, 0.2) is 36.0 Å². The molecule has 5 nitrogen and oxygen atoms in total. The van der Waals surface area contributed by atoms with Gasteiger partial charge in [0.05, 0.1) is 5.69 Å². The van der Waals surface area contributed by atoms with Gasteiger partial charge in [-0.3, -0.25) is 9.59 Å². The van der Waals surface area contributed by atoms with Crippen LogP contribution < -0.4 is 0 Å². The van der Waals surface area contributed by atoms with Crippen LogP contribution in [0.5, 0.6) is 0 Å². The first-order valence-corrected chi connectivity index (χ1v) is 8.30. The van der Waals surface area contributed by atoms with Gasteiger partial charge >= 0.3 is 0 Å². The van der Waals surface area contributed by atoms with E-state index >= 15 is 0 Å². The van der Waals surface area contributed by atoms with Gasteiger partial charge in [-0.2, -0.15) is 0 Å². The quantitative estimate of drug-likeness (QED) is 0.853. The monoisotopic (exact) mass is 317 g/mol. The SMILES string of the molecule is CC(=O)N1CCCN(C(=O)c2sccc2-n2cccc2)CC1. The van der Waals surface area contributed by atoms with Gasteiger partial charge in [-0.25, -0.2) is 0 Å². The fraction of sp³-hybridized carbons (Fsp3) is 0.375. The van der Waals surface area contributed by atoms with Crippen LogP contribution in [0.3, 0.4) is 0 Å². The van der Waals surface area contributed by atoms with Crippen LogP contribution in [-0.4, -0.2) is 52.4 Å². The summed E-state index contributed by atoms with van der Waals surface area (Å²) in [6.45, 7) is 4.23. The van der Waals surface area contributed by atoms with Crippen molar-refractivity contribution in [2.45, 2.75) is 13.3 Å². The molecule has 0 saturated carbocycles. The van der Waals surface area contributed by atoms with E-state index in [1.54, 1.807) is 6.92 Å². The van der Waals surface area contributed by atoms with Gasteiger partial charge in [0.15, 0.2) is 0 Å². The molecule has 0 aliphatic carbocycles. The third-order valence-corrected chi connectivity index (χ3v) is 4.84. The van der Waals surface area contributed by atoms with E-state index in [-0.39, 0.29) is 11.8 Å². The van der Waals surface area contributed by atoms with E-state index in [1.165, 1.54) is 11.3 Å². The van der Waals surface area contributed by atoms with Crippen LogP contribution in [0.25, 0.3) is 5.69 Å². The molecule has 1 aliphatic rings. The number of amides is 2. The fourth-order valence-electron chi connectivity index (χ4n) is 2.74. The molecule has 2 amide bonds. The number of thiophene rings is 1. The zero-order valence-corrected chi connectivity index (χ0v) is 13.4. The molecule has 2 aromatic heterocycles. The lowest BCUT2D eigenvalue weighted by molar-refractivity contribution is -0.128. The van der Waals surface area contributed by atoms with Gasteiger partial charge in [0, 0.05) is 45.5 Å². The number of hydrogen-bond acceptors (Lipinski definition) is 3. The number of hydrogen-bond donors (Lipinski definition) is 0. The highest BCUT2D eigenvalue weighted by Gasteiger charge is 2.24. The zero-order valence-electron chi connectivity index (χ0n) is 12.6. The smallest absolute Gasteiger partial charge is 0.266 e. The molecule has 0 spiro atoms. The Bertz CT molecular complexity index is 663. The minimum atomic E-state index is 0.0594. The van der Waals surface area contributed by atoms with E-state index in [0.717, 1.165) is 23.5 Å². The molecule has 1 aliphatic heterocycles. The number of carbonyl (C=O) groups is 2. The predicted molar refractivity (Wildman–Crippen MR) is 86.4 cm³/mol. The van der Waals surface area contributed by atoms with Crippen molar-refractivity contribution >= 4 is 23.2 Å². The Morgan fingerprint density at radius 3 is 2.45 bits per heavy atom. The van der Waals surface area contributed by atoms with E-state index < -0.39 is 0 Å². The summed E-state index contributed by atoms with van der Waals surface area (Å²) in [7, 11) is 0. The third kappa shape index (κ3) is 2.92. The number of aromatic nitrogens is 1. The summed E-state index contributed by atoms with van der Waals surface area (Å²) in [5, 5.41) is 1.95. The highest BCUT2D eigenvalue weighted by atomic mass is 32.1. The number of rotatable bonds is 2. The molecule has 0 unspecified atom stereocenters. The van der Waals surface area contributed by atoms with Gasteiger partial charge in [-0.15, -0.1) is 11.3 Å². The standard InChI is InChI=1S/C16H19N3O2S/c1-13(20)17-8-4-9-19(11-10-17)16(21)15-14(5-12-22-15)18-6-2-3-7-18/h2-3,5-7,12H,4,8-11H2,1H3. The Labute approximate surface area is 133 Å². The molecule has 1 saturated heterocycles. The number of nitrogens with zero attached hydrogens (tertiary/aromatic N) is 3. The summed E-state index contributed by atoms with van der Waals surface area (Å²) in [5.41, 5.74) is 0.924. The van der Waals surface area contributed by atoms with E-state index in [2.05, 4.69) is 0 Å². The second kappa shape index (κ2) is 6.36. The summed E-state index contributed by atoms with van der Waals surface area (Å²) in [5.74, 6) is 0.141. The van der Waals surface area contributed by atoms with Gasteiger partial charge in [0.1, 0.15) is 4.88 Å². The van der Waals surface area contributed by atoms with Crippen LogP contribution in [0, 0.1) is 0 Å². The summed E-state index contributed by atoms with van der Waals surface area (Å²) in [6, 6.07) is 5.86. The average Bonchev–Trinajstić information content (AvgIpc) is 3.12. The van der Waals surface area contributed by atoms with Gasteiger partial charge in [0.2, 0.25) is 5.91 Å². The van der Waals surface area contributed by atoms with Crippen molar-refractivity contribution in [2.75, 3.05) is 26.2 Å². The first-order valence-electron chi connectivity index (χ1n) is 7.42. The summed E-state index contributed by atoms with van der Waals surface area (Å²) < 4.78 is 1.96. The third-order valence-electron chi connectivity index (χ3n) is 3.95. The predicted octanol–water partition coefficient (Wildman–Crippen LogP) is 2.23. The topological polar surface area (TPSA) is 45.6 Å². The van der Waals surface area contributed by atoms with Crippen LogP contribution >= 0.6 is 11.3 Å². The summed E-state index contributed by atoms with van der Waals surface area (Å²) in [6.07, 6.45) is 4.72. The van der Waals surface area contributed by atoms with Gasteiger partial charge in [0.25, 0.3) is 5.91 Å². The van der Waals surface area contributed by atoms with Crippen molar-refractivity contribution in [1.29, 1.82) is 0 Å². The molecular weight excluding hydrogens is 298 g/mol. The lowest BCUT2D eigenvalue weighted by Crippen LogP contribution is -2.36. The molecule has 0 N–H and O–H groups in total. The Hall–Kier alpha value is -2.08. The van der Waals surface area contributed by atoms with E-state index in [0.29, 0.717) is 19.6 Å². The highest BCUT2D eigenvalue weighted by molar-refractivity contribution is 7.12. The van der Waals surface area contributed by atoms with Crippen LogP contribution in [0.2, 0.25) is 0 Å². The largest absolute Gasteiger partial charge is 0.341 e. The zero-order chi connectivity index (χ0) is 15.5. The van der Waals surface area contributed by atoms with Crippen molar-refractivity contribution < 1.29 is 9.59 Å². The van der Waals surface area contributed by atoms with Crippen molar-refractivity contribution in [3.05, 3.63) is 40.8 Å². The van der Waals surface area contributed by atoms with Gasteiger partial charge in [-0.05, 0) is 30.0 Å². The Balaban J connectivity index is 1.77. The molecule has 1 fully saturated rings. The van der Waals surface area contributed by atoms with Crippen LogP contribution in [0.1, 0.15) is 23.0 Å². The maximum absolute atomic E-state index is 12.8. The first-order chi connectivity index (χ1) is 10.7. The van der Waals surface area contributed by atoms with Crippen molar-refractivity contribution in [2.24, 2.45) is 0 Å². The lowest BCUT2D eigenvalue weighted by Gasteiger charge is -2.21. The second-order valence-electron chi connectivity index (χ2n) is 5.38. The highest BCUT2D eigenvalue weighted by Crippen LogP contribution is 2.23. The van der Waals surface area contributed by atoms with Gasteiger partial charge < -0.3 is 14.4 Å². The Morgan fingerprint density at radius 1 is 1.05 bits per heavy atom. The van der Waals surface area contributed by atoms with Crippen LogP contribution in [-0.2, 0) is 4.79 Å². The average molecular weight is 317 g/mol. The van der Waals surface area contributed by atoms with Crippen molar-refractivity contribution in [3.63, 3.8) is 0 Å². The van der Waals surface area contributed by atoms with Gasteiger partial charge in [-0.1, -0.05) is 0 Å². The lowest BCUT2D eigenvalue weighted by atomic mass is 10.3. The van der Waals surface area contributed by atoms with Crippen LogP contribution in [0.4, 0.5) is 0 Å². The minimum absolute atomic E-state index is 0.0594. The Kier molecular flexibility index (Phi) is 4.29. The van der Waals surface area contributed by atoms with E-state index in [9.17, 15) is 9.59 Å². The molecule has 22 heavy (non-hydrogen) atoms. The molecule has 6 heteroatoms. The maximum atomic E-state index is 12.8. The molecule has 0 atom stereocenters. The molecule has 0 aromatic carbocycles. The molecule has 0 radical (unpaired) electrons. The first kappa shape index (κ1) is 14.8. The van der Waals surface area contributed by atoms with Crippen molar-refractivity contribution in [3.8, 4) is 5.69 Å². The number of carbonyl (C=O) groups excluding carboxylic acids is 2. The molecule has 3 heterocycles. The fourth-order valence-corrected chi connectivity index (χ4v) is 3.60. The summed E-state index contributed by atoms with van der Waals surface area (Å²) >= 11 is 1.47. The molecular formula is C16H19N3O2S. The second-order valence-corrected chi connectivity index (χ2v) is 6.29. The Morgan fingerprint density at radius 2 is 1.73 bits per heavy atom. The van der Waals surface area contributed by atoms with E-state index in [1.807, 2.05) is 50.3 Å². The maximum Gasteiger partial charge on any atom is 0.266 e. The molecule has 116 valence electrons. The minimum Gasteiger partial charge on any atom is -0.341 e. The molecule has 2 aromatic rings.